The summed E-state index contributed by atoms with van der Waals surface area (Å²) in [6.07, 6.45) is -2.73. The number of carbonyl (C=O) groups excluding carboxylic acids is 1. The first-order valence-electron chi connectivity index (χ1n) is 7.39. The summed E-state index contributed by atoms with van der Waals surface area (Å²) in [4.78, 5) is 16.4. The maximum absolute atomic E-state index is 13.8. The summed E-state index contributed by atoms with van der Waals surface area (Å²) >= 11 is 0. The molecule has 26 heavy (non-hydrogen) atoms. The van der Waals surface area contributed by atoms with Crippen LogP contribution in [-0.4, -0.2) is 33.1 Å². The number of anilines is 1. The minimum Gasteiger partial charge on any atom is -0.382 e. The van der Waals surface area contributed by atoms with Crippen molar-refractivity contribution in [3.05, 3.63) is 59.6 Å². The number of hydrogen-bond donors (Lipinski definition) is 1. The zero-order chi connectivity index (χ0) is 18.9. The number of aromatic nitrogens is 3. The van der Waals surface area contributed by atoms with Gasteiger partial charge in [-0.05, 0) is 24.3 Å². The molecule has 5 nitrogen and oxygen atoms in total. The second kappa shape index (κ2) is 6.70. The fraction of sp³-hybridized carbons (Fsp3) is 0.188. The van der Waals surface area contributed by atoms with E-state index in [9.17, 15) is 26.7 Å². The van der Waals surface area contributed by atoms with Crippen LogP contribution in [-0.2, 0) is 0 Å². The Bertz CT molecular complexity index is 967. The van der Waals surface area contributed by atoms with E-state index >= 15 is 0 Å². The van der Waals surface area contributed by atoms with E-state index in [-0.39, 0.29) is 17.0 Å². The third-order valence-corrected chi connectivity index (χ3v) is 3.49. The number of benzene rings is 1. The van der Waals surface area contributed by atoms with Gasteiger partial charge in [-0.15, -0.1) is 0 Å². The molecule has 0 aliphatic carbocycles. The number of nitrogens with zero attached hydrogens (tertiary/aromatic N) is 3. The van der Waals surface area contributed by atoms with Crippen LogP contribution in [0.15, 0.2) is 36.7 Å². The molecule has 0 bridgehead atoms. The molecule has 136 valence electrons. The maximum atomic E-state index is 13.8. The van der Waals surface area contributed by atoms with Gasteiger partial charge in [0.1, 0.15) is 17.3 Å². The van der Waals surface area contributed by atoms with Crippen LogP contribution < -0.4 is 5.32 Å². The van der Waals surface area contributed by atoms with Crippen molar-refractivity contribution in [3.63, 3.8) is 0 Å². The molecule has 3 rings (SSSR count). The van der Waals surface area contributed by atoms with Gasteiger partial charge >= 0.3 is 6.18 Å². The van der Waals surface area contributed by atoms with Crippen molar-refractivity contribution in [2.45, 2.75) is 12.6 Å². The number of nitrogens with one attached hydrogen (secondary N) is 1. The van der Waals surface area contributed by atoms with Crippen molar-refractivity contribution < 1.29 is 26.7 Å². The van der Waals surface area contributed by atoms with Crippen LogP contribution in [0.5, 0.6) is 0 Å². The number of hydrogen-bond acceptors (Lipinski definition) is 4. The highest BCUT2D eigenvalue weighted by Crippen LogP contribution is 2.22. The largest absolute Gasteiger partial charge is 0.390 e. The number of imidazole rings is 1. The Hall–Kier alpha value is -3.04. The molecule has 0 radical (unpaired) electrons. The molecule has 0 atom stereocenters. The fourth-order valence-electron chi connectivity index (χ4n) is 2.31. The Labute approximate surface area is 143 Å². The normalized spacial score (nSPS) is 11.7. The first-order valence-corrected chi connectivity index (χ1v) is 7.39. The smallest absolute Gasteiger partial charge is 0.382 e. The Balaban J connectivity index is 1.96. The topological polar surface area (TPSA) is 59.3 Å². The predicted octanol–water partition coefficient (Wildman–Crippen LogP) is 3.60. The lowest BCUT2D eigenvalue weighted by Gasteiger charge is -2.11. The van der Waals surface area contributed by atoms with E-state index in [4.69, 9.17) is 0 Å². The van der Waals surface area contributed by atoms with E-state index in [1.54, 1.807) is 0 Å². The zero-order valence-corrected chi connectivity index (χ0v) is 13.0. The van der Waals surface area contributed by atoms with E-state index in [0.717, 1.165) is 24.3 Å². The third kappa shape index (κ3) is 3.79. The summed E-state index contributed by atoms with van der Waals surface area (Å²) in [7, 11) is 0. The van der Waals surface area contributed by atoms with Crippen molar-refractivity contribution in [3.8, 4) is 0 Å². The van der Waals surface area contributed by atoms with Crippen LogP contribution in [0, 0.1) is 11.6 Å². The molecule has 2 aromatic heterocycles. The average molecular weight is 370 g/mol. The van der Waals surface area contributed by atoms with Gasteiger partial charge in [0.15, 0.2) is 5.65 Å². The third-order valence-electron chi connectivity index (χ3n) is 3.49. The Morgan fingerprint density at radius 1 is 1.19 bits per heavy atom. The van der Waals surface area contributed by atoms with Crippen molar-refractivity contribution in [2.75, 3.05) is 11.9 Å². The molecule has 0 saturated carbocycles. The molecule has 1 N–H and O–H groups in total. The predicted molar refractivity (Wildman–Crippen MR) is 81.9 cm³/mol. The SMILES string of the molecule is O=C(c1cc(NCCC(F)(F)F)c2nccn2n1)c1cc(F)ccc1F. The Kier molecular flexibility index (Phi) is 4.58. The van der Waals surface area contributed by atoms with E-state index < -0.39 is 42.1 Å². The highest BCUT2D eigenvalue weighted by atomic mass is 19.4. The highest BCUT2D eigenvalue weighted by molar-refractivity contribution is 6.08. The summed E-state index contributed by atoms with van der Waals surface area (Å²) in [5.74, 6) is -2.64. The van der Waals surface area contributed by atoms with Crippen molar-refractivity contribution in [2.24, 2.45) is 0 Å². The first-order chi connectivity index (χ1) is 12.2. The van der Waals surface area contributed by atoms with Crippen molar-refractivity contribution in [1.29, 1.82) is 0 Å². The highest BCUT2D eigenvalue weighted by Gasteiger charge is 2.26. The lowest BCUT2D eigenvalue weighted by Crippen LogP contribution is -2.16. The van der Waals surface area contributed by atoms with Crippen LogP contribution in [0.4, 0.5) is 27.6 Å². The minimum atomic E-state index is -4.35. The van der Waals surface area contributed by atoms with Crippen LogP contribution >= 0.6 is 0 Å². The molecule has 0 aliphatic heterocycles. The number of ketones is 1. The van der Waals surface area contributed by atoms with E-state index in [2.05, 4.69) is 15.4 Å². The summed E-state index contributed by atoms with van der Waals surface area (Å²) in [6.45, 7) is -0.446. The molecule has 0 aliphatic rings. The van der Waals surface area contributed by atoms with Gasteiger partial charge in [-0.3, -0.25) is 4.79 Å². The zero-order valence-electron chi connectivity index (χ0n) is 13.0. The van der Waals surface area contributed by atoms with Gasteiger partial charge in [0, 0.05) is 18.9 Å². The molecule has 0 spiro atoms. The van der Waals surface area contributed by atoms with Crippen molar-refractivity contribution >= 4 is 17.1 Å². The number of carbonyl (C=O) groups is 1. The van der Waals surface area contributed by atoms with Crippen molar-refractivity contribution in [1.82, 2.24) is 14.6 Å². The van der Waals surface area contributed by atoms with Crippen LogP contribution in [0.1, 0.15) is 22.5 Å². The van der Waals surface area contributed by atoms with E-state index in [1.807, 2.05) is 0 Å². The number of alkyl halides is 3. The summed E-state index contributed by atoms with van der Waals surface area (Å²) in [5, 5.41) is 6.49. The lowest BCUT2D eigenvalue weighted by molar-refractivity contribution is -0.131. The number of halogens is 5. The van der Waals surface area contributed by atoms with E-state index in [1.165, 1.54) is 16.9 Å². The lowest BCUT2D eigenvalue weighted by atomic mass is 10.1. The second-order valence-corrected chi connectivity index (χ2v) is 5.38. The van der Waals surface area contributed by atoms with Crippen LogP contribution in [0.25, 0.3) is 5.65 Å². The van der Waals surface area contributed by atoms with Gasteiger partial charge in [0.05, 0.1) is 17.7 Å². The van der Waals surface area contributed by atoms with Gasteiger partial charge in [0.25, 0.3) is 0 Å². The quantitative estimate of drug-likeness (QED) is 0.551. The second-order valence-electron chi connectivity index (χ2n) is 5.38. The van der Waals surface area contributed by atoms with Crippen LogP contribution in [0.3, 0.4) is 0 Å². The molecular formula is C16H11F5N4O. The van der Waals surface area contributed by atoms with Gasteiger partial charge < -0.3 is 5.32 Å². The number of fused-ring (bicyclic) bond motifs is 1. The molecule has 0 amide bonds. The Morgan fingerprint density at radius 2 is 1.96 bits per heavy atom. The summed E-state index contributed by atoms with van der Waals surface area (Å²) < 4.78 is 65.3. The minimum absolute atomic E-state index is 0.120. The molecule has 2 heterocycles. The standard InChI is InChI=1S/C16H11F5N4O/c17-9-1-2-11(18)10(7-9)14(26)12-8-13(22-4-3-16(19,20)21)15-23-5-6-25(15)24-12/h1-2,5-8,22H,3-4H2. The van der Waals surface area contributed by atoms with Gasteiger partial charge in [-0.1, -0.05) is 0 Å². The van der Waals surface area contributed by atoms with Gasteiger partial charge in [-0.2, -0.15) is 18.3 Å². The monoisotopic (exact) mass is 370 g/mol. The summed E-state index contributed by atoms with van der Waals surface area (Å²) in [5.41, 5.74) is -0.481. The van der Waals surface area contributed by atoms with E-state index in [0.29, 0.717) is 0 Å². The van der Waals surface area contributed by atoms with Gasteiger partial charge in [0.2, 0.25) is 5.78 Å². The molecule has 0 unspecified atom stereocenters. The summed E-state index contributed by atoms with van der Waals surface area (Å²) in [6, 6.07) is 3.56. The maximum Gasteiger partial charge on any atom is 0.390 e. The fourth-order valence-corrected chi connectivity index (χ4v) is 2.31. The molecule has 0 fully saturated rings. The first kappa shape index (κ1) is 17.8. The number of rotatable bonds is 5. The van der Waals surface area contributed by atoms with Crippen LogP contribution in [0.2, 0.25) is 0 Å². The van der Waals surface area contributed by atoms with Gasteiger partial charge in [-0.25, -0.2) is 18.3 Å². The molecule has 3 aromatic rings. The molecule has 1 aromatic carbocycles. The molecular weight excluding hydrogens is 359 g/mol. The average Bonchev–Trinajstić information content (AvgIpc) is 3.04. The molecule has 10 heteroatoms. The Morgan fingerprint density at radius 3 is 2.69 bits per heavy atom. The molecule has 0 saturated heterocycles.